The molecule has 0 aliphatic heterocycles. The van der Waals surface area contributed by atoms with Crippen LogP contribution in [0.1, 0.15) is 32.1 Å². The molecule has 1 fully saturated rings. The van der Waals surface area contributed by atoms with Gasteiger partial charge in [-0.25, -0.2) is 0 Å². The van der Waals surface area contributed by atoms with Gasteiger partial charge in [0.05, 0.1) is 0 Å². The van der Waals surface area contributed by atoms with Crippen molar-refractivity contribution >= 4 is 6.29 Å². The zero-order chi connectivity index (χ0) is 11.5. The van der Waals surface area contributed by atoms with E-state index in [9.17, 15) is 18.0 Å². The van der Waals surface area contributed by atoms with Crippen LogP contribution in [0.15, 0.2) is 0 Å². The molecular formula is C10H15F3O2. The van der Waals surface area contributed by atoms with Crippen LogP contribution < -0.4 is 0 Å². The molecule has 0 amide bonds. The lowest BCUT2D eigenvalue weighted by Gasteiger charge is -2.31. The maximum absolute atomic E-state index is 12.2. The van der Waals surface area contributed by atoms with Gasteiger partial charge in [0.1, 0.15) is 6.29 Å². The normalized spacial score (nSPS) is 29.9. The third-order valence-electron chi connectivity index (χ3n) is 3.10. The molecule has 1 saturated carbocycles. The fourth-order valence-electron chi connectivity index (χ4n) is 2.14. The number of aliphatic hydroxyl groups is 1. The maximum atomic E-state index is 12.2. The number of halogens is 3. The van der Waals surface area contributed by atoms with Crippen LogP contribution in [0.4, 0.5) is 13.2 Å². The van der Waals surface area contributed by atoms with Crippen LogP contribution in [0.2, 0.25) is 0 Å². The van der Waals surface area contributed by atoms with Gasteiger partial charge in [-0.15, -0.1) is 0 Å². The van der Waals surface area contributed by atoms with E-state index in [0.29, 0.717) is 32.1 Å². The first kappa shape index (κ1) is 12.5. The van der Waals surface area contributed by atoms with Crippen LogP contribution in [0.5, 0.6) is 0 Å². The molecule has 0 heterocycles. The molecule has 1 aliphatic carbocycles. The zero-order valence-corrected chi connectivity index (χ0v) is 8.33. The Bertz CT molecular complexity index is 207. The summed E-state index contributed by atoms with van der Waals surface area (Å²) < 4.78 is 36.5. The molecule has 0 radical (unpaired) electrons. The van der Waals surface area contributed by atoms with E-state index < -0.39 is 18.2 Å². The molecule has 88 valence electrons. The number of aldehydes is 1. The lowest BCUT2D eigenvalue weighted by atomic mass is 9.78. The molecule has 1 atom stereocenters. The molecule has 0 bridgehead atoms. The number of hydrogen-bond acceptors (Lipinski definition) is 2. The average molecular weight is 224 g/mol. The van der Waals surface area contributed by atoms with Gasteiger partial charge in [0.15, 0.2) is 6.10 Å². The summed E-state index contributed by atoms with van der Waals surface area (Å²) in [4.78, 5) is 10.2. The fraction of sp³-hybridized carbons (Fsp3) is 0.900. The summed E-state index contributed by atoms with van der Waals surface area (Å²) in [6.45, 7) is 0. The number of hydrogen-bond donors (Lipinski definition) is 1. The summed E-state index contributed by atoms with van der Waals surface area (Å²) in [5.74, 6) is -0.480. The fourth-order valence-corrected chi connectivity index (χ4v) is 2.14. The lowest BCUT2D eigenvalue weighted by Crippen LogP contribution is -2.37. The SMILES string of the molecule is O=CCC1CCC(C(O)C(F)(F)F)CC1. The number of rotatable bonds is 3. The Balaban J connectivity index is 2.40. The van der Waals surface area contributed by atoms with Crippen LogP contribution in [0.25, 0.3) is 0 Å². The molecule has 0 spiro atoms. The Morgan fingerprint density at radius 2 is 1.80 bits per heavy atom. The van der Waals surface area contributed by atoms with Gasteiger partial charge < -0.3 is 9.90 Å². The van der Waals surface area contributed by atoms with E-state index in [1.54, 1.807) is 0 Å². The second kappa shape index (κ2) is 4.96. The highest BCUT2D eigenvalue weighted by Crippen LogP contribution is 2.37. The molecule has 2 nitrogen and oxygen atoms in total. The molecule has 1 unspecified atom stereocenters. The Hall–Kier alpha value is -0.580. The third kappa shape index (κ3) is 3.48. The van der Waals surface area contributed by atoms with Crippen molar-refractivity contribution in [3.63, 3.8) is 0 Å². The summed E-state index contributed by atoms with van der Waals surface area (Å²) in [5, 5.41) is 9.03. The van der Waals surface area contributed by atoms with Gasteiger partial charge in [0.25, 0.3) is 0 Å². The molecule has 1 rings (SSSR count). The number of carbonyl (C=O) groups excluding carboxylic acids is 1. The average Bonchev–Trinajstić information content (AvgIpc) is 2.17. The third-order valence-corrected chi connectivity index (χ3v) is 3.10. The minimum atomic E-state index is -4.51. The quantitative estimate of drug-likeness (QED) is 0.747. The number of alkyl halides is 3. The second-order valence-electron chi connectivity index (χ2n) is 4.17. The van der Waals surface area contributed by atoms with E-state index in [-0.39, 0.29) is 5.92 Å². The van der Waals surface area contributed by atoms with Crippen LogP contribution in [0.3, 0.4) is 0 Å². The monoisotopic (exact) mass is 224 g/mol. The second-order valence-corrected chi connectivity index (χ2v) is 4.17. The molecule has 1 aliphatic rings. The van der Waals surface area contributed by atoms with Crippen LogP contribution >= 0.6 is 0 Å². The van der Waals surface area contributed by atoms with E-state index in [0.717, 1.165) is 6.29 Å². The van der Waals surface area contributed by atoms with Gasteiger partial charge in [-0.2, -0.15) is 13.2 Å². The maximum Gasteiger partial charge on any atom is 0.414 e. The van der Waals surface area contributed by atoms with E-state index in [1.807, 2.05) is 0 Å². The molecule has 5 heteroatoms. The Morgan fingerprint density at radius 3 is 2.20 bits per heavy atom. The van der Waals surface area contributed by atoms with E-state index in [2.05, 4.69) is 0 Å². The highest BCUT2D eigenvalue weighted by Gasteiger charge is 2.44. The van der Waals surface area contributed by atoms with Crippen molar-refractivity contribution in [3.8, 4) is 0 Å². The van der Waals surface area contributed by atoms with Crippen molar-refractivity contribution in [2.24, 2.45) is 11.8 Å². The standard InChI is InChI=1S/C10H15F3O2/c11-10(12,13)9(15)8-3-1-7(2-4-8)5-6-14/h6-9,15H,1-5H2. The summed E-state index contributed by atoms with van der Waals surface area (Å²) >= 11 is 0. The minimum absolute atomic E-state index is 0.208. The first-order chi connectivity index (χ1) is 6.95. The van der Waals surface area contributed by atoms with Gasteiger partial charge in [-0.05, 0) is 37.5 Å². The van der Waals surface area contributed by atoms with Crippen LogP contribution in [0, 0.1) is 11.8 Å². The van der Waals surface area contributed by atoms with Crippen molar-refractivity contribution < 1.29 is 23.1 Å². The minimum Gasteiger partial charge on any atom is -0.383 e. The van der Waals surface area contributed by atoms with Gasteiger partial charge in [0, 0.05) is 6.42 Å². The Labute approximate surface area is 86.5 Å². The van der Waals surface area contributed by atoms with Gasteiger partial charge in [0.2, 0.25) is 0 Å². The van der Waals surface area contributed by atoms with Crippen molar-refractivity contribution in [2.75, 3.05) is 0 Å². The van der Waals surface area contributed by atoms with Gasteiger partial charge in [-0.1, -0.05) is 0 Å². The predicted molar refractivity (Wildman–Crippen MR) is 48.2 cm³/mol. The van der Waals surface area contributed by atoms with E-state index in [4.69, 9.17) is 5.11 Å². The molecule has 1 N–H and O–H groups in total. The highest BCUT2D eigenvalue weighted by molar-refractivity contribution is 5.49. The molecule has 0 aromatic heterocycles. The molecule has 0 saturated heterocycles. The zero-order valence-electron chi connectivity index (χ0n) is 8.33. The molecule has 15 heavy (non-hydrogen) atoms. The lowest BCUT2D eigenvalue weighted by molar-refractivity contribution is -0.222. The molecule has 0 aromatic rings. The largest absolute Gasteiger partial charge is 0.414 e. The number of aliphatic hydroxyl groups excluding tert-OH is 1. The first-order valence-electron chi connectivity index (χ1n) is 5.13. The Kier molecular flexibility index (Phi) is 4.13. The number of carbonyl (C=O) groups is 1. The molecule has 0 aromatic carbocycles. The van der Waals surface area contributed by atoms with Crippen molar-refractivity contribution in [3.05, 3.63) is 0 Å². The summed E-state index contributed by atoms with van der Waals surface area (Å²) in [7, 11) is 0. The summed E-state index contributed by atoms with van der Waals surface area (Å²) in [5.41, 5.74) is 0. The summed E-state index contributed by atoms with van der Waals surface area (Å²) in [6.07, 6.45) is -3.54. The first-order valence-corrected chi connectivity index (χ1v) is 5.13. The van der Waals surface area contributed by atoms with Crippen molar-refractivity contribution in [1.82, 2.24) is 0 Å². The summed E-state index contributed by atoms with van der Waals surface area (Å²) in [6, 6.07) is 0. The van der Waals surface area contributed by atoms with E-state index >= 15 is 0 Å². The van der Waals surface area contributed by atoms with Crippen LogP contribution in [-0.2, 0) is 4.79 Å². The van der Waals surface area contributed by atoms with E-state index in [1.165, 1.54) is 0 Å². The van der Waals surface area contributed by atoms with Crippen molar-refractivity contribution in [1.29, 1.82) is 0 Å². The predicted octanol–water partition coefficient (Wildman–Crippen LogP) is 2.31. The Morgan fingerprint density at radius 1 is 1.27 bits per heavy atom. The molecular weight excluding hydrogens is 209 g/mol. The highest BCUT2D eigenvalue weighted by atomic mass is 19.4. The topological polar surface area (TPSA) is 37.3 Å². The smallest absolute Gasteiger partial charge is 0.383 e. The van der Waals surface area contributed by atoms with Crippen LogP contribution in [-0.4, -0.2) is 23.7 Å². The van der Waals surface area contributed by atoms with Gasteiger partial charge >= 0.3 is 6.18 Å². The van der Waals surface area contributed by atoms with Crippen molar-refractivity contribution in [2.45, 2.75) is 44.4 Å². The van der Waals surface area contributed by atoms with Gasteiger partial charge in [-0.3, -0.25) is 0 Å².